The van der Waals surface area contributed by atoms with E-state index in [1.54, 1.807) is 16.9 Å². The lowest BCUT2D eigenvalue weighted by Crippen LogP contribution is -2.06. The highest BCUT2D eigenvalue weighted by Gasteiger charge is 2.34. The largest absolute Gasteiger partial charge is 0.457 e. The molecule has 0 saturated carbocycles. The molecule has 7 heteroatoms. The van der Waals surface area contributed by atoms with Crippen LogP contribution in [0, 0.1) is 0 Å². The Balaban J connectivity index is 1.46. The standard InChI is InChI=1S/C30H20F3N3O/c31-30(32,33)26-13-5-12-25-28(26)35-36(19-20-7-2-1-3-8-20)29(25)22-9-4-11-23(18-22)37-24-14-15-27-21(17-24)10-6-16-34-27/h1-18H,19H2. The summed E-state index contributed by atoms with van der Waals surface area (Å²) in [5.74, 6) is 1.20. The Labute approximate surface area is 210 Å². The number of ether oxygens (including phenoxy) is 1. The van der Waals surface area contributed by atoms with Crippen molar-refractivity contribution < 1.29 is 17.9 Å². The van der Waals surface area contributed by atoms with Gasteiger partial charge in [0.15, 0.2) is 0 Å². The Morgan fingerprint density at radius 2 is 1.57 bits per heavy atom. The zero-order valence-corrected chi connectivity index (χ0v) is 19.5. The second-order valence-corrected chi connectivity index (χ2v) is 8.68. The SMILES string of the molecule is FC(F)(F)c1cccc2c(-c3cccc(Oc4ccc5ncccc5c4)c3)n(Cc3ccccc3)nc12. The van der Waals surface area contributed by atoms with Crippen LogP contribution in [-0.2, 0) is 12.7 Å². The molecule has 0 N–H and O–H groups in total. The third-order valence-corrected chi connectivity index (χ3v) is 6.17. The molecule has 182 valence electrons. The number of nitrogens with zero attached hydrogens (tertiary/aromatic N) is 3. The normalized spacial score (nSPS) is 11.8. The Morgan fingerprint density at radius 1 is 0.757 bits per heavy atom. The fraction of sp³-hybridized carbons (Fsp3) is 0.0667. The zero-order chi connectivity index (χ0) is 25.4. The predicted molar refractivity (Wildman–Crippen MR) is 138 cm³/mol. The molecule has 0 fully saturated rings. The van der Waals surface area contributed by atoms with Gasteiger partial charge in [-0.2, -0.15) is 18.3 Å². The second kappa shape index (κ2) is 9.09. The van der Waals surface area contributed by atoms with Gasteiger partial charge in [-0.25, -0.2) is 0 Å². The predicted octanol–water partition coefficient (Wildman–Crippen LogP) is 8.11. The molecule has 2 heterocycles. The van der Waals surface area contributed by atoms with E-state index in [9.17, 15) is 13.2 Å². The average Bonchev–Trinajstić information content (AvgIpc) is 3.26. The van der Waals surface area contributed by atoms with Gasteiger partial charge < -0.3 is 4.74 Å². The number of pyridine rings is 1. The number of rotatable bonds is 5. The van der Waals surface area contributed by atoms with Crippen LogP contribution in [0.2, 0.25) is 0 Å². The fourth-order valence-electron chi connectivity index (χ4n) is 4.52. The van der Waals surface area contributed by atoms with Crippen molar-refractivity contribution in [1.29, 1.82) is 0 Å². The van der Waals surface area contributed by atoms with Gasteiger partial charge in [0.25, 0.3) is 0 Å². The lowest BCUT2D eigenvalue weighted by molar-refractivity contribution is -0.136. The monoisotopic (exact) mass is 495 g/mol. The van der Waals surface area contributed by atoms with Gasteiger partial charge in [0.05, 0.1) is 23.3 Å². The Hall–Kier alpha value is -4.65. The van der Waals surface area contributed by atoms with Gasteiger partial charge in [0, 0.05) is 22.5 Å². The Kier molecular flexibility index (Phi) is 5.60. The summed E-state index contributed by atoms with van der Waals surface area (Å²) >= 11 is 0. The number of hydrogen-bond acceptors (Lipinski definition) is 3. The van der Waals surface area contributed by atoms with Crippen molar-refractivity contribution in [3.8, 4) is 22.8 Å². The van der Waals surface area contributed by atoms with E-state index >= 15 is 0 Å². The molecule has 0 saturated heterocycles. The molecule has 0 aliphatic carbocycles. The summed E-state index contributed by atoms with van der Waals surface area (Å²) in [7, 11) is 0. The first-order valence-electron chi connectivity index (χ1n) is 11.7. The smallest absolute Gasteiger partial charge is 0.418 e. The quantitative estimate of drug-likeness (QED) is 0.243. The van der Waals surface area contributed by atoms with Gasteiger partial charge in [0.2, 0.25) is 0 Å². The van der Waals surface area contributed by atoms with Crippen molar-refractivity contribution in [2.24, 2.45) is 0 Å². The molecule has 0 radical (unpaired) electrons. The molecule has 4 nitrogen and oxygen atoms in total. The molecule has 0 bridgehead atoms. The maximum atomic E-state index is 13.8. The van der Waals surface area contributed by atoms with Crippen LogP contribution in [0.25, 0.3) is 33.1 Å². The molecular formula is C30H20F3N3O. The summed E-state index contributed by atoms with van der Waals surface area (Å²) in [6.07, 6.45) is -2.78. The van der Waals surface area contributed by atoms with Crippen LogP contribution in [0.1, 0.15) is 11.1 Å². The number of alkyl halides is 3. The lowest BCUT2D eigenvalue weighted by atomic mass is 10.0. The van der Waals surface area contributed by atoms with E-state index in [-0.39, 0.29) is 5.52 Å². The van der Waals surface area contributed by atoms with Crippen molar-refractivity contribution in [2.75, 3.05) is 0 Å². The van der Waals surface area contributed by atoms with E-state index in [2.05, 4.69) is 10.1 Å². The first kappa shape index (κ1) is 22.8. The van der Waals surface area contributed by atoms with E-state index in [0.717, 1.165) is 22.5 Å². The van der Waals surface area contributed by atoms with E-state index in [0.29, 0.717) is 34.7 Å². The maximum Gasteiger partial charge on any atom is 0.418 e. The van der Waals surface area contributed by atoms with Crippen LogP contribution >= 0.6 is 0 Å². The zero-order valence-electron chi connectivity index (χ0n) is 19.5. The minimum atomic E-state index is -4.52. The summed E-state index contributed by atoms with van der Waals surface area (Å²) < 4.78 is 49.3. The highest BCUT2D eigenvalue weighted by Crippen LogP contribution is 2.39. The van der Waals surface area contributed by atoms with Gasteiger partial charge in [-0.05, 0) is 48.0 Å². The summed E-state index contributed by atoms with van der Waals surface area (Å²) in [6, 6.07) is 30.5. The number of fused-ring (bicyclic) bond motifs is 2. The van der Waals surface area contributed by atoms with Gasteiger partial charge >= 0.3 is 6.18 Å². The van der Waals surface area contributed by atoms with Gasteiger partial charge in [-0.3, -0.25) is 9.67 Å². The molecule has 6 aromatic rings. The molecule has 2 aromatic heterocycles. The van der Waals surface area contributed by atoms with Gasteiger partial charge in [-0.15, -0.1) is 0 Å². The first-order chi connectivity index (χ1) is 18.0. The first-order valence-corrected chi connectivity index (χ1v) is 11.7. The van der Waals surface area contributed by atoms with Crippen molar-refractivity contribution in [3.63, 3.8) is 0 Å². The van der Waals surface area contributed by atoms with Crippen LogP contribution in [0.5, 0.6) is 11.5 Å². The van der Waals surface area contributed by atoms with Crippen LogP contribution in [0.4, 0.5) is 13.2 Å². The molecule has 4 aromatic carbocycles. The molecule has 0 aliphatic rings. The number of aromatic nitrogens is 3. The van der Waals surface area contributed by atoms with Crippen LogP contribution in [-0.4, -0.2) is 14.8 Å². The average molecular weight is 496 g/mol. The minimum absolute atomic E-state index is 0.0747. The number of halogens is 3. The molecule has 0 amide bonds. The van der Waals surface area contributed by atoms with Crippen molar-refractivity contribution in [3.05, 3.63) is 120 Å². The van der Waals surface area contributed by atoms with Crippen molar-refractivity contribution in [1.82, 2.24) is 14.8 Å². The molecule has 0 aliphatic heterocycles. The minimum Gasteiger partial charge on any atom is -0.457 e. The summed E-state index contributed by atoms with van der Waals surface area (Å²) in [6.45, 7) is 0.324. The Bertz CT molecular complexity index is 1730. The van der Waals surface area contributed by atoms with E-state index < -0.39 is 11.7 Å². The number of benzene rings is 4. The van der Waals surface area contributed by atoms with Gasteiger partial charge in [-0.1, -0.05) is 60.7 Å². The van der Waals surface area contributed by atoms with Gasteiger partial charge in [0.1, 0.15) is 17.0 Å². The number of hydrogen-bond donors (Lipinski definition) is 0. The second-order valence-electron chi connectivity index (χ2n) is 8.68. The van der Waals surface area contributed by atoms with Crippen LogP contribution in [0.3, 0.4) is 0 Å². The highest BCUT2D eigenvalue weighted by molar-refractivity contribution is 5.95. The van der Waals surface area contributed by atoms with E-state index in [1.807, 2.05) is 84.9 Å². The maximum absolute atomic E-state index is 13.8. The molecule has 37 heavy (non-hydrogen) atoms. The molecule has 0 unspecified atom stereocenters. The van der Waals surface area contributed by atoms with Crippen molar-refractivity contribution in [2.45, 2.75) is 12.7 Å². The fourth-order valence-corrected chi connectivity index (χ4v) is 4.52. The van der Waals surface area contributed by atoms with Crippen molar-refractivity contribution >= 4 is 21.8 Å². The summed E-state index contributed by atoms with van der Waals surface area (Å²) in [4.78, 5) is 4.33. The molecule has 0 spiro atoms. The van der Waals surface area contributed by atoms with E-state index in [4.69, 9.17) is 4.74 Å². The summed E-state index contributed by atoms with van der Waals surface area (Å²) in [5, 5.41) is 5.82. The van der Waals surface area contributed by atoms with Crippen LogP contribution < -0.4 is 4.74 Å². The lowest BCUT2D eigenvalue weighted by Gasteiger charge is -2.11. The molecule has 6 rings (SSSR count). The third-order valence-electron chi connectivity index (χ3n) is 6.17. The highest BCUT2D eigenvalue weighted by atomic mass is 19.4. The molecule has 0 atom stereocenters. The summed E-state index contributed by atoms with van der Waals surface area (Å²) in [5.41, 5.74) is 2.27. The topological polar surface area (TPSA) is 39.9 Å². The van der Waals surface area contributed by atoms with E-state index in [1.165, 1.54) is 6.07 Å². The third kappa shape index (κ3) is 4.51. The molecular weight excluding hydrogens is 475 g/mol. The van der Waals surface area contributed by atoms with Crippen LogP contribution in [0.15, 0.2) is 109 Å². The Morgan fingerprint density at radius 3 is 2.41 bits per heavy atom.